The third kappa shape index (κ3) is 2.60. The van der Waals surface area contributed by atoms with E-state index >= 15 is 0 Å². The van der Waals surface area contributed by atoms with Gasteiger partial charge in [0.2, 0.25) is 0 Å². The number of hydrogen-bond donors (Lipinski definition) is 6. The number of carbonyl (C=O) groups excluding carboxylic acids is 1. The second-order valence-corrected chi connectivity index (χ2v) is 8.49. The number of aryl methyl sites for hydroxylation is 1. The number of fused-ring (bicyclic) bond motifs is 1. The fraction of sp³-hybridized carbons (Fsp3) is 0.550. The number of amides is 1. The molecule has 0 bridgehead atoms. The summed E-state index contributed by atoms with van der Waals surface area (Å²) < 4.78 is 0. The van der Waals surface area contributed by atoms with Crippen molar-refractivity contribution in [2.45, 2.75) is 55.6 Å². The Kier molecular flexibility index (Phi) is 4.37. The molecule has 30 heavy (non-hydrogen) atoms. The molecule has 9 N–H and O–H groups in total. The first-order valence-corrected chi connectivity index (χ1v) is 10.5. The predicted molar refractivity (Wildman–Crippen MR) is 113 cm³/mol. The second-order valence-electron chi connectivity index (χ2n) is 8.49. The van der Waals surface area contributed by atoms with Gasteiger partial charge in [-0.15, -0.1) is 0 Å². The van der Waals surface area contributed by atoms with Gasteiger partial charge < -0.3 is 37.8 Å². The van der Waals surface area contributed by atoms with Crippen molar-refractivity contribution < 1.29 is 9.90 Å². The molecule has 1 aliphatic carbocycles. The van der Waals surface area contributed by atoms with Crippen molar-refractivity contribution in [3.8, 4) is 0 Å². The molecule has 1 fully saturated rings. The lowest BCUT2D eigenvalue weighted by Crippen LogP contribution is -2.73. The number of guanidine groups is 2. The summed E-state index contributed by atoms with van der Waals surface area (Å²) in [5, 5.41) is 17.5. The monoisotopic (exact) mass is 412 g/mol. The number of aliphatic imine (C=N–C) groups is 2. The molecule has 10 nitrogen and oxygen atoms in total. The molecule has 160 valence electrons. The van der Waals surface area contributed by atoms with Crippen molar-refractivity contribution in [1.29, 1.82) is 0 Å². The van der Waals surface area contributed by atoms with E-state index in [0.29, 0.717) is 12.1 Å². The van der Waals surface area contributed by atoms with Crippen LogP contribution in [-0.4, -0.2) is 70.8 Å². The lowest BCUT2D eigenvalue weighted by molar-refractivity contribution is 0.0150. The van der Waals surface area contributed by atoms with Gasteiger partial charge in [0.05, 0.1) is 12.1 Å². The molecule has 0 radical (unpaired) electrons. The van der Waals surface area contributed by atoms with E-state index in [1.165, 1.54) is 5.56 Å². The maximum atomic E-state index is 13.2. The van der Waals surface area contributed by atoms with Crippen molar-refractivity contribution in [2.24, 2.45) is 27.2 Å². The molecule has 1 saturated heterocycles. The molecule has 3 aliphatic heterocycles. The van der Waals surface area contributed by atoms with Gasteiger partial charge in [0.15, 0.2) is 17.6 Å². The Labute approximate surface area is 174 Å². The Bertz CT molecular complexity index is 947. The highest BCUT2D eigenvalue weighted by molar-refractivity contribution is 5.96. The number of rotatable bonds is 3. The molecule has 0 unspecified atom stereocenters. The van der Waals surface area contributed by atoms with Crippen LogP contribution in [0.5, 0.6) is 0 Å². The van der Waals surface area contributed by atoms with Crippen molar-refractivity contribution >= 4 is 17.8 Å². The van der Waals surface area contributed by atoms with Crippen LogP contribution in [0.15, 0.2) is 28.2 Å². The minimum atomic E-state index is -1.06. The van der Waals surface area contributed by atoms with E-state index < -0.39 is 29.9 Å². The van der Waals surface area contributed by atoms with Gasteiger partial charge in [-0.2, -0.15) is 0 Å². The van der Waals surface area contributed by atoms with Crippen LogP contribution in [0, 0.1) is 0 Å². The largest absolute Gasteiger partial charge is 0.386 e. The quantitative estimate of drug-likeness (QED) is 0.333. The molecular formula is C20H28N8O2. The number of carbonyl (C=O) groups is 1. The average molecular weight is 412 g/mol. The molecule has 5 rings (SSSR count). The van der Waals surface area contributed by atoms with Crippen LogP contribution in [0.4, 0.5) is 0 Å². The summed E-state index contributed by atoms with van der Waals surface area (Å²) in [6.07, 6.45) is 3.12. The maximum Gasteiger partial charge on any atom is 0.251 e. The van der Waals surface area contributed by atoms with Gasteiger partial charge in [0.1, 0.15) is 12.1 Å². The van der Waals surface area contributed by atoms with Gasteiger partial charge in [-0.1, -0.05) is 12.1 Å². The number of nitrogens with zero attached hydrogens (tertiary/aromatic N) is 3. The lowest BCUT2D eigenvalue weighted by Gasteiger charge is -2.46. The van der Waals surface area contributed by atoms with Gasteiger partial charge in [-0.25, -0.2) is 9.98 Å². The van der Waals surface area contributed by atoms with Crippen molar-refractivity contribution in [2.75, 3.05) is 13.1 Å². The van der Waals surface area contributed by atoms with Crippen LogP contribution < -0.4 is 27.8 Å². The summed E-state index contributed by atoms with van der Waals surface area (Å²) in [4.78, 5) is 23.8. The summed E-state index contributed by atoms with van der Waals surface area (Å²) in [7, 11) is 0. The average Bonchev–Trinajstić information content (AvgIpc) is 3.24. The molecule has 1 spiro atoms. The Morgan fingerprint density at radius 1 is 1.30 bits per heavy atom. The molecule has 10 heteroatoms. The Hall–Kier alpha value is -2.85. The minimum Gasteiger partial charge on any atom is -0.386 e. The van der Waals surface area contributed by atoms with E-state index in [9.17, 15) is 9.90 Å². The summed E-state index contributed by atoms with van der Waals surface area (Å²) in [6, 6.07) is 4.40. The molecule has 4 aliphatic rings. The topological polar surface area (TPSA) is 167 Å². The third-order valence-corrected chi connectivity index (χ3v) is 6.85. The highest BCUT2D eigenvalue weighted by atomic mass is 16.3. The van der Waals surface area contributed by atoms with Gasteiger partial charge in [0.25, 0.3) is 5.91 Å². The van der Waals surface area contributed by atoms with Crippen molar-refractivity contribution in [1.82, 2.24) is 15.5 Å². The maximum absolute atomic E-state index is 13.2. The van der Waals surface area contributed by atoms with E-state index in [-0.39, 0.29) is 24.4 Å². The number of nitrogens with two attached hydrogens (primary N) is 3. The number of aliphatic hydroxyl groups is 1. The first-order valence-electron chi connectivity index (χ1n) is 10.5. The van der Waals surface area contributed by atoms with Crippen LogP contribution in [0.25, 0.3) is 0 Å². The van der Waals surface area contributed by atoms with Gasteiger partial charge in [0, 0.05) is 18.7 Å². The first-order chi connectivity index (χ1) is 14.5. The molecule has 1 aromatic rings. The second kappa shape index (κ2) is 6.85. The first kappa shape index (κ1) is 19.1. The van der Waals surface area contributed by atoms with Crippen LogP contribution in [0.3, 0.4) is 0 Å². The van der Waals surface area contributed by atoms with Crippen LogP contribution in [-0.2, 0) is 12.8 Å². The summed E-state index contributed by atoms with van der Waals surface area (Å²) >= 11 is 0. The normalized spacial score (nSPS) is 34.3. The molecular weight excluding hydrogens is 384 g/mol. The van der Waals surface area contributed by atoms with Crippen molar-refractivity contribution in [3.63, 3.8) is 0 Å². The smallest absolute Gasteiger partial charge is 0.251 e. The minimum absolute atomic E-state index is 0.191. The van der Waals surface area contributed by atoms with E-state index in [2.05, 4.69) is 26.7 Å². The van der Waals surface area contributed by atoms with E-state index in [1.54, 1.807) is 4.90 Å². The fourth-order valence-electron chi connectivity index (χ4n) is 5.47. The molecule has 5 atom stereocenters. The zero-order chi connectivity index (χ0) is 21.0. The van der Waals surface area contributed by atoms with E-state index in [1.807, 2.05) is 12.1 Å². The number of hydrogen-bond acceptors (Lipinski definition) is 9. The van der Waals surface area contributed by atoms with Gasteiger partial charge >= 0.3 is 0 Å². The SMILES string of the molecule is NC[C@@H]1N=C(N)N2C[C@@H](NC(=O)c3cccc4c3CCCC4)[C@@H](O)[C@@]23NC(N)=N[C@@H]13. The molecule has 3 heterocycles. The Balaban J connectivity index is 1.43. The molecule has 0 saturated carbocycles. The van der Waals surface area contributed by atoms with E-state index in [4.69, 9.17) is 17.2 Å². The van der Waals surface area contributed by atoms with Crippen molar-refractivity contribution in [3.05, 3.63) is 34.9 Å². The zero-order valence-electron chi connectivity index (χ0n) is 16.7. The summed E-state index contributed by atoms with van der Waals surface area (Å²) in [6.45, 7) is 0.514. The summed E-state index contributed by atoms with van der Waals surface area (Å²) in [5.41, 5.74) is 20.0. The van der Waals surface area contributed by atoms with Crippen LogP contribution in [0.2, 0.25) is 0 Å². The predicted octanol–water partition coefficient (Wildman–Crippen LogP) is -2.02. The highest BCUT2D eigenvalue weighted by Gasteiger charge is 2.65. The highest BCUT2D eigenvalue weighted by Crippen LogP contribution is 2.39. The summed E-state index contributed by atoms with van der Waals surface area (Å²) in [5.74, 6) is 0.270. The van der Waals surface area contributed by atoms with E-state index in [0.717, 1.165) is 31.2 Å². The third-order valence-electron chi connectivity index (χ3n) is 6.85. The standard InChI is InChI=1S/C20H28N8O2/c21-8-13-15-20(27-18(22)26-15)16(29)14(9-28(20)19(23)25-13)24-17(30)12-7-3-5-10-4-1-2-6-11(10)12/h3,5,7,13-16,29H,1-2,4,6,8-9,21H2,(H2,23,25)(H,24,30)(H3,22,26,27)/t13-,14+,15-,16+,20-/m0/s1. The van der Waals surface area contributed by atoms with Gasteiger partial charge in [-0.05, 0) is 42.9 Å². The number of nitrogens with one attached hydrogen (secondary N) is 2. The molecule has 1 amide bonds. The number of benzene rings is 1. The zero-order valence-corrected chi connectivity index (χ0v) is 16.7. The molecule has 1 aromatic carbocycles. The fourth-order valence-corrected chi connectivity index (χ4v) is 5.47. The van der Waals surface area contributed by atoms with Gasteiger partial charge in [-0.3, -0.25) is 4.79 Å². The Morgan fingerprint density at radius 3 is 2.90 bits per heavy atom. The number of aliphatic hydroxyl groups excluding tert-OH is 1. The van der Waals surface area contributed by atoms with Crippen LogP contribution in [0.1, 0.15) is 34.3 Å². The molecule has 0 aromatic heterocycles. The van der Waals surface area contributed by atoms with Crippen LogP contribution >= 0.6 is 0 Å². The Morgan fingerprint density at radius 2 is 2.10 bits per heavy atom. The lowest BCUT2D eigenvalue weighted by atomic mass is 9.87.